The number of aliphatic carboxylic acids is 1. The number of carboxylic acid groups (broad SMARTS) is 1. The predicted molar refractivity (Wildman–Crippen MR) is 143 cm³/mol. The summed E-state index contributed by atoms with van der Waals surface area (Å²) < 4.78 is 18.6. The van der Waals surface area contributed by atoms with Crippen molar-refractivity contribution in [3.63, 3.8) is 0 Å². The van der Waals surface area contributed by atoms with Gasteiger partial charge in [0.05, 0.1) is 6.61 Å². The van der Waals surface area contributed by atoms with E-state index in [-0.39, 0.29) is 13.2 Å². The molecule has 0 fully saturated rings. The molecular weight excluding hydrogens is 542 g/mol. The zero-order valence-corrected chi connectivity index (χ0v) is 21.5. The molecule has 3 N–H and O–H groups in total. The Morgan fingerprint density at radius 2 is 1.70 bits per heavy atom. The lowest BCUT2D eigenvalue weighted by molar-refractivity contribution is -0.131. The molecule has 2 atom stereocenters. The van der Waals surface area contributed by atoms with Gasteiger partial charge in [-0.15, -0.1) is 0 Å². The van der Waals surface area contributed by atoms with Gasteiger partial charge < -0.3 is 24.4 Å². The minimum absolute atomic E-state index is 0.114. The van der Waals surface area contributed by atoms with E-state index in [1.807, 2.05) is 18.2 Å². The van der Waals surface area contributed by atoms with E-state index in [2.05, 4.69) is 21.2 Å². The molecule has 0 aromatic heterocycles. The van der Waals surface area contributed by atoms with Gasteiger partial charge in [0.2, 0.25) is 0 Å². The van der Waals surface area contributed by atoms with Crippen molar-refractivity contribution >= 4 is 33.7 Å². The van der Waals surface area contributed by atoms with Gasteiger partial charge in [0.25, 0.3) is 0 Å². The summed E-state index contributed by atoms with van der Waals surface area (Å²) in [5, 5.41) is 20.8. The van der Waals surface area contributed by atoms with Crippen LogP contribution >= 0.6 is 15.9 Å². The summed E-state index contributed by atoms with van der Waals surface area (Å²) >= 11 is 3.37. The number of ether oxygens (including phenoxy) is 3. The van der Waals surface area contributed by atoms with Crippen LogP contribution in [-0.4, -0.2) is 41.6 Å². The number of anilines is 1. The minimum atomic E-state index is -1.05. The number of carbonyl (C=O) groups is 2. The third kappa shape index (κ3) is 9.63. The highest BCUT2D eigenvalue weighted by Crippen LogP contribution is 2.31. The van der Waals surface area contributed by atoms with Crippen molar-refractivity contribution in [1.82, 2.24) is 0 Å². The SMILES string of the molecule is O=C(O)/C=C/CC[C@H](Oc1ccccc1)[C@@H](OC(=O)Nc1ccc(Br)cc1)c1cccc(OCCO)c1. The Balaban J connectivity index is 1.91. The maximum absolute atomic E-state index is 13.0. The van der Waals surface area contributed by atoms with E-state index in [4.69, 9.17) is 24.4 Å². The van der Waals surface area contributed by atoms with Gasteiger partial charge in [-0.1, -0.05) is 52.3 Å². The van der Waals surface area contributed by atoms with Crippen LogP contribution in [0.5, 0.6) is 11.5 Å². The fraction of sp³-hybridized carbons (Fsp3) is 0.214. The first-order valence-corrected chi connectivity index (χ1v) is 12.4. The number of hydrogen-bond donors (Lipinski definition) is 3. The van der Waals surface area contributed by atoms with Gasteiger partial charge in [0.15, 0.2) is 6.10 Å². The number of nitrogens with one attached hydrogen (secondary N) is 1. The summed E-state index contributed by atoms with van der Waals surface area (Å²) in [6, 6.07) is 23.2. The maximum Gasteiger partial charge on any atom is 0.412 e. The quantitative estimate of drug-likeness (QED) is 0.217. The van der Waals surface area contributed by atoms with E-state index < -0.39 is 24.3 Å². The zero-order chi connectivity index (χ0) is 26.5. The van der Waals surface area contributed by atoms with E-state index in [0.29, 0.717) is 35.6 Å². The number of aliphatic hydroxyl groups excluding tert-OH is 1. The number of aliphatic hydroxyl groups is 1. The molecule has 0 heterocycles. The molecule has 37 heavy (non-hydrogen) atoms. The Bertz CT molecular complexity index is 1170. The number of halogens is 1. The Labute approximate surface area is 223 Å². The van der Waals surface area contributed by atoms with Crippen molar-refractivity contribution in [2.75, 3.05) is 18.5 Å². The molecule has 3 rings (SSSR count). The summed E-state index contributed by atoms with van der Waals surface area (Å²) in [4.78, 5) is 23.9. The standard InChI is InChI=1S/C28H28BrNO7/c29-21-13-15-22(16-14-21)30-28(34)37-27(20-7-6-10-24(19-20)35-18-17-31)25(11-4-5-12-26(32)33)36-23-8-2-1-3-9-23/h1-3,5-10,12-16,19,25,27,31H,4,11,17-18H2,(H,30,34)(H,32,33)/b12-5+/t25-,27-/m0/s1. The lowest BCUT2D eigenvalue weighted by Gasteiger charge is -2.28. The molecule has 8 nitrogen and oxygen atoms in total. The van der Waals surface area contributed by atoms with Crippen LogP contribution in [0.2, 0.25) is 0 Å². The lowest BCUT2D eigenvalue weighted by atomic mass is 9.99. The average molecular weight is 570 g/mol. The summed E-state index contributed by atoms with van der Waals surface area (Å²) in [6.07, 6.45) is 1.12. The van der Waals surface area contributed by atoms with E-state index in [1.165, 1.54) is 6.08 Å². The summed E-state index contributed by atoms with van der Waals surface area (Å²) in [6.45, 7) is -0.0294. The Morgan fingerprint density at radius 3 is 2.41 bits per heavy atom. The van der Waals surface area contributed by atoms with Crippen molar-refractivity contribution in [3.05, 3.63) is 101 Å². The molecule has 0 radical (unpaired) electrons. The van der Waals surface area contributed by atoms with Crippen LogP contribution in [0.4, 0.5) is 10.5 Å². The number of carbonyl (C=O) groups excluding carboxylic acids is 1. The van der Waals surface area contributed by atoms with E-state index in [0.717, 1.165) is 10.5 Å². The number of hydrogen-bond acceptors (Lipinski definition) is 6. The third-order valence-corrected chi connectivity index (χ3v) is 5.65. The predicted octanol–water partition coefficient (Wildman–Crippen LogP) is 5.98. The minimum Gasteiger partial charge on any atom is -0.491 e. The number of rotatable bonds is 13. The molecule has 9 heteroatoms. The highest BCUT2D eigenvalue weighted by atomic mass is 79.9. The molecule has 0 saturated carbocycles. The fourth-order valence-corrected chi connectivity index (χ4v) is 3.75. The van der Waals surface area contributed by atoms with Crippen LogP contribution in [0, 0.1) is 0 Å². The van der Waals surface area contributed by atoms with Gasteiger partial charge in [-0.3, -0.25) is 5.32 Å². The first kappa shape index (κ1) is 27.8. The smallest absolute Gasteiger partial charge is 0.412 e. The number of carboxylic acids is 1. The Hall–Kier alpha value is -3.82. The second-order valence-corrected chi connectivity index (χ2v) is 8.81. The Kier molecular flexibility index (Phi) is 11.0. The molecule has 0 bridgehead atoms. The number of para-hydroxylation sites is 1. The van der Waals surface area contributed by atoms with E-state index in [1.54, 1.807) is 60.7 Å². The summed E-state index contributed by atoms with van der Waals surface area (Å²) in [7, 11) is 0. The molecule has 3 aromatic carbocycles. The number of benzene rings is 3. The summed E-state index contributed by atoms with van der Waals surface area (Å²) in [5.41, 5.74) is 1.17. The normalized spacial score (nSPS) is 12.5. The molecule has 0 aliphatic heterocycles. The molecular formula is C28H28BrNO7. The number of amides is 1. The van der Waals surface area contributed by atoms with Gasteiger partial charge in [0, 0.05) is 16.2 Å². The van der Waals surface area contributed by atoms with Crippen LogP contribution < -0.4 is 14.8 Å². The highest BCUT2D eigenvalue weighted by molar-refractivity contribution is 9.10. The van der Waals surface area contributed by atoms with Gasteiger partial charge in [0.1, 0.15) is 24.2 Å². The van der Waals surface area contributed by atoms with Crippen LogP contribution in [0.1, 0.15) is 24.5 Å². The molecule has 0 spiro atoms. The number of allylic oxidation sites excluding steroid dienone is 1. The van der Waals surface area contributed by atoms with Gasteiger partial charge in [-0.25, -0.2) is 9.59 Å². The maximum atomic E-state index is 13.0. The topological polar surface area (TPSA) is 114 Å². The molecule has 0 aliphatic rings. The molecule has 0 aliphatic carbocycles. The molecule has 0 saturated heterocycles. The van der Waals surface area contributed by atoms with Crippen LogP contribution in [0.3, 0.4) is 0 Å². The average Bonchev–Trinajstić information content (AvgIpc) is 2.90. The summed E-state index contributed by atoms with van der Waals surface area (Å²) in [5.74, 6) is 0.0259. The molecule has 0 unspecified atom stereocenters. The van der Waals surface area contributed by atoms with Gasteiger partial charge >= 0.3 is 12.1 Å². The van der Waals surface area contributed by atoms with Crippen molar-refractivity contribution in [2.24, 2.45) is 0 Å². The molecule has 3 aromatic rings. The van der Waals surface area contributed by atoms with Crippen molar-refractivity contribution in [1.29, 1.82) is 0 Å². The van der Waals surface area contributed by atoms with Gasteiger partial charge in [-0.05, 0) is 66.9 Å². The van der Waals surface area contributed by atoms with Gasteiger partial charge in [-0.2, -0.15) is 0 Å². The molecule has 194 valence electrons. The van der Waals surface area contributed by atoms with E-state index >= 15 is 0 Å². The molecule has 1 amide bonds. The van der Waals surface area contributed by atoms with Crippen LogP contribution in [0.15, 0.2) is 95.5 Å². The fourth-order valence-electron chi connectivity index (χ4n) is 3.49. The van der Waals surface area contributed by atoms with E-state index in [9.17, 15) is 9.59 Å². The van der Waals surface area contributed by atoms with Crippen molar-refractivity contribution < 1.29 is 34.0 Å². The monoisotopic (exact) mass is 569 g/mol. The highest BCUT2D eigenvalue weighted by Gasteiger charge is 2.29. The largest absolute Gasteiger partial charge is 0.491 e. The third-order valence-electron chi connectivity index (χ3n) is 5.12. The lowest BCUT2D eigenvalue weighted by Crippen LogP contribution is -2.31. The first-order chi connectivity index (χ1) is 17.9. The van der Waals surface area contributed by atoms with Crippen LogP contribution in [-0.2, 0) is 9.53 Å². The second-order valence-electron chi connectivity index (χ2n) is 7.89. The van der Waals surface area contributed by atoms with Crippen molar-refractivity contribution in [3.8, 4) is 11.5 Å². The first-order valence-electron chi connectivity index (χ1n) is 11.6. The van der Waals surface area contributed by atoms with Crippen LogP contribution in [0.25, 0.3) is 0 Å². The zero-order valence-electron chi connectivity index (χ0n) is 20.0. The van der Waals surface area contributed by atoms with Crippen molar-refractivity contribution in [2.45, 2.75) is 25.0 Å². The Morgan fingerprint density at radius 1 is 0.973 bits per heavy atom. The second kappa shape index (κ2) is 14.7.